The molecule has 0 unspecified atom stereocenters. The summed E-state index contributed by atoms with van der Waals surface area (Å²) < 4.78 is 27.3. The third kappa shape index (κ3) is 5.47. The van der Waals surface area contributed by atoms with Crippen LogP contribution >= 0.6 is 0 Å². The maximum absolute atomic E-state index is 12.6. The van der Waals surface area contributed by atoms with Crippen molar-refractivity contribution in [1.29, 1.82) is 0 Å². The lowest BCUT2D eigenvalue weighted by molar-refractivity contribution is -0.343. The Morgan fingerprint density at radius 3 is 2.37 bits per heavy atom. The van der Waals surface area contributed by atoms with E-state index in [0.717, 1.165) is 11.8 Å². The molecule has 0 bridgehead atoms. The zero-order valence-corrected chi connectivity index (χ0v) is 20.8. The van der Waals surface area contributed by atoms with Crippen LogP contribution in [0.2, 0.25) is 0 Å². The monoisotopic (exact) mass is 536 g/mol. The molecule has 12 heteroatoms. The largest absolute Gasteiger partial charge is 0.472 e. The second-order valence-electron chi connectivity index (χ2n) is 9.50. The number of benzene rings is 1. The van der Waals surface area contributed by atoms with E-state index in [4.69, 9.17) is 23.7 Å². The molecular formula is C26H32O12. The van der Waals surface area contributed by atoms with Gasteiger partial charge in [-0.1, -0.05) is 37.3 Å². The lowest BCUT2D eigenvalue weighted by Crippen LogP contribution is -2.60. The molecule has 5 N–H and O–H groups in total. The van der Waals surface area contributed by atoms with Gasteiger partial charge in [0.05, 0.1) is 31.7 Å². The highest BCUT2D eigenvalue weighted by Crippen LogP contribution is 2.49. The molecule has 2 fully saturated rings. The van der Waals surface area contributed by atoms with Gasteiger partial charge in [0.25, 0.3) is 0 Å². The summed E-state index contributed by atoms with van der Waals surface area (Å²) >= 11 is 0. The summed E-state index contributed by atoms with van der Waals surface area (Å²) in [4.78, 5) is 25.1. The summed E-state index contributed by atoms with van der Waals surface area (Å²) in [5.41, 5.74) is 0.777. The molecule has 0 aromatic heterocycles. The van der Waals surface area contributed by atoms with Gasteiger partial charge in [-0.15, -0.1) is 0 Å². The summed E-state index contributed by atoms with van der Waals surface area (Å²) in [6.07, 6.45) is -7.46. The number of carbonyl (C=O) groups excluding carboxylic acids is 2. The Morgan fingerprint density at radius 1 is 1.00 bits per heavy atom. The van der Waals surface area contributed by atoms with Crippen molar-refractivity contribution in [1.82, 2.24) is 0 Å². The minimum absolute atomic E-state index is 0.00359. The molecule has 1 aromatic carbocycles. The van der Waals surface area contributed by atoms with E-state index in [0.29, 0.717) is 0 Å². The van der Waals surface area contributed by atoms with Crippen LogP contribution in [-0.4, -0.2) is 100 Å². The minimum Gasteiger partial charge on any atom is -0.472 e. The number of fused-ring (bicyclic) bond motifs is 1. The van der Waals surface area contributed by atoms with Crippen LogP contribution in [0.5, 0.6) is 0 Å². The van der Waals surface area contributed by atoms with Crippen LogP contribution in [0, 0.1) is 17.8 Å². The topological polar surface area (TPSA) is 181 Å². The second kappa shape index (κ2) is 11.9. The molecule has 2 heterocycles. The number of aliphatic hydroxyl groups excluding tert-OH is 5. The van der Waals surface area contributed by atoms with E-state index in [1.165, 1.54) is 13.2 Å². The highest BCUT2D eigenvalue weighted by molar-refractivity contribution is 5.89. The summed E-state index contributed by atoms with van der Waals surface area (Å²) in [5.74, 6) is -3.80. The van der Waals surface area contributed by atoms with Crippen LogP contribution in [-0.2, 0) is 33.3 Å². The Bertz CT molecular complexity index is 1040. The second-order valence-corrected chi connectivity index (χ2v) is 9.50. The van der Waals surface area contributed by atoms with Crippen LogP contribution in [0.4, 0.5) is 0 Å². The summed E-state index contributed by atoms with van der Waals surface area (Å²) in [5, 5.41) is 51.2. The van der Waals surface area contributed by atoms with Crippen molar-refractivity contribution in [3.8, 4) is 0 Å². The van der Waals surface area contributed by atoms with Gasteiger partial charge in [-0.3, -0.25) is 0 Å². The normalized spacial score (nSPS) is 38.7. The zero-order valence-electron chi connectivity index (χ0n) is 20.8. The van der Waals surface area contributed by atoms with Gasteiger partial charge in [0, 0.05) is 23.8 Å². The third-order valence-corrected chi connectivity index (χ3v) is 7.25. The zero-order chi connectivity index (χ0) is 27.6. The number of rotatable bonds is 7. The number of carbonyl (C=O) groups is 2. The van der Waals surface area contributed by atoms with E-state index in [9.17, 15) is 35.1 Å². The van der Waals surface area contributed by atoms with E-state index in [2.05, 4.69) is 0 Å². The Hall–Kier alpha value is -2.84. The summed E-state index contributed by atoms with van der Waals surface area (Å²) in [7, 11) is 1.17. The first-order valence-corrected chi connectivity index (χ1v) is 12.2. The van der Waals surface area contributed by atoms with E-state index in [-0.39, 0.29) is 5.57 Å². The third-order valence-electron chi connectivity index (χ3n) is 7.25. The molecule has 38 heavy (non-hydrogen) atoms. The fourth-order valence-corrected chi connectivity index (χ4v) is 5.22. The molecule has 208 valence electrons. The van der Waals surface area contributed by atoms with Crippen molar-refractivity contribution in [2.45, 2.75) is 56.1 Å². The quantitative estimate of drug-likeness (QED) is 0.214. The molecule has 1 aliphatic carbocycles. The molecular weight excluding hydrogens is 504 g/mol. The first kappa shape index (κ1) is 28.2. The van der Waals surface area contributed by atoms with Crippen molar-refractivity contribution in [2.24, 2.45) is 17.8 Å². The highest BCUT2D eigenvalue weighted by Gasteiger charge is 2.59. The van der Waals surface area contributed by atoms with Crippen LogP contribution in [0.1, 0.15) is 12.5 Å². The number of esters is 2. The predicted molar refractivity (Wildman–Crippen MR) is 127 cm³/mol. The fourth-order valence-electron chi connectivity index (χ4n) is 5.22. The molecule has 3 aliphatic rings. The van der Waals surface area contributed by atoms with Crippen LogP contribution < -0.4 is 0 Å². The van der Waals surface area contributed by atoms with E-state index in [1.807, 2.05) is 18.2 Å². The highest BCUT2D eigenvalue weighted by atomic mass is 16.8. The molecule has 11 atom stereocenters. The van der Waals surface area contributed by atoms with E-state index < -0.39 is 85.5 Å². The number of hydrogen-bond acceptors (Lipinski definition) is 12. The van der Waals surface area contributed by atoms with Crippen molar-refractivity contribution in [3.63, 3.8) is 0 Å². The van der Waals surface area contributed by atoms with E-state index in [1.54, 1.807) is 25.1 Å². The molecule has 0 spiro atoms. The Kier molecular flexibility index (Phi) is 8.83. The Morgan fingerprint density at radius 2 is 1.71 bits per heavy atom. The van der Waals surface area contributed by atoms with Crippen molar-refractivity contribution in [3.05, 3.63) is 53.8 Å². The van der Waals surface area contributed by atoms with Crippen LogP contribution in [0.3, 0.4) is 0 Å². The van der Waals surface area contributed by atoms with Gasteiger partial charge >= 0.3 is 11.9 Å². The molecule has 0 amide bonds. The molecule has 2 aliphatic heterocycles. The van der Waals surface area contributed by atoms with Crippen molar-refractivity contribution >= 4 is 18.0 Å². The SMILES string of the molecule is COC(=O)C1=CO[C@@H](O[C@@H]2O[C@H](CO)[C@@H](O)[C@H](O)[C@H]2O)[C@@H]2[C@H](C)[C@@H](OC(=O)C=Cc3ccccc3)[C@@H](O)[C@H]12. The molecule has 1 saturated heterocycles. The van der Waals surface area contributed by atoms with Gasteiger partial charge in [0.1, 0.15) is 30.5 Å². The number of ether oxygens (including phenoxy) is 5. The van der Waals surface area contributed by atoms with Gasteiger partial charge in [-0.2, -0.15) is 0 Å². The molecule has 12 nitrogen and oxygen atoms in total. The van der Waals surface area contributed by atoms with Gasteiger partial charge in [-0.05, 0) is 11.6 Å². The van der Waals surface area contributed by atoms with Gasteiger partial charge in [0.2, 0.25) is 6.29 Å². The molecule has 1 saturated carbocycles. The number of hydrogen-bond donors (Lipinski definition) is 5. The maximum atomic E-state index is 12.6. The van der Waals surface area contributed by atoms with Gasteiger partial charge in [0.15, 0.2) is 6.29 Å². The summed E-state index contributed by atoms with van der Waals surface area (Å²) in [6, 6.07) is 9.07. The molecule has 1 aromatic rings. The minimum atomic E-state index is -1.70. The molecule has 4 rings (SSSR count). The molecule has 0 radical (unpaired) electrons. The average Bonchev–Trinajstić information content (AvgIpc) is 3.17. The predicted octanol–water partition coefficient (Wildman–Crippen LogP) is -0.916. The summed E-state index contributed by atoms with van der Waals surface area (Å²) in [6.45, 7) is 1.03. The van der Waals surface area contributed by atoms with Gasteiger partial charge in [-0.25, -0.2) is 9.59 Å². The first-order valence-electron chi connectivity index (χ1n) is 12.2. The van der Waals surface area contributed by atoms with Crippen LogP contribution in [0.25, 0.3) is 6.08 Å². The standard InChI is InChI=1S/C26H32O12/c1-12-17-18(20(30)23(12)37-16(28)9-8-13-6-4-3-5-7-13)14(24(33)34-2)11-35-25(17)38-26-22(32)21(31)19(29)15(10-27)36-26/h3-9,11-12,15,17-23,25-27,29-32H,10H2,1-2H3/t12-,15+,17+,18+,19+,20-,21-,22+,23+,25-,26-/m0/s1. The lowest BCUT2D eigenvalue weighted by Gasteiger charge is -2.43. The Balaban J connectivity index is 1.55. The number of methoxy groups -OCH3 is 1. The van der Waals surface area contributed by atoms with E-state index >= 15 is 0 Å². The fraction of sp³-hybridized carbons (Fsp3) is 0.538. The average molecular weight is 537 g/mol. The first-order chi connectivity index (χ1) is 18.2. The smallest absolute Gasteiger partial charge is 0.337 e. The Labute approximate surface area is 218 Å². The maximum Gasteiger partial charge on any atom is 0.337 e. The van der Waals surface area contributed by atoms with Crippen LogP contribution in [0.15, 0.2) is 48.2 Å². The lowest BCUT2D eigenvalue weighted by atomic mass is 9.82. The van der Waals surface area contributed by atoms with Crippen molar-refractivity contribution in [2.75, 3.05) is 13.7 Å². The number of aliphatic hydroxyl groups is 5. The van der Waals surface area contributed by atoms with Crippen molar-refractivity contribution < 1.29 is 58.8 Å². The van der Waals surface area contributed by atoms with Gasteiger partial charge < -0.3 is 49.2 Å².